The van der Waals surface area contributed by atoms with Gasteiger partial charge in [-0.2, -0.15) is 0 Å². The van der Waals surface area contributed by atoms with Gasteiger partial charge < -0.3 is 10.0 Å². The SMILES string of the molecule is CCC(C)N1CCCN(C)C(CC(=O)O)C1. The van der Waals surface area contributed by atoms with Crippen molar-refractivity contribution in [1.82, 2.24) is 9.80 Å². The van der Waals surface area contributed by atoms with Crippen LogP contribution in [0.2, 0.25) is 0 Å². The molecule has 0 spiro atoms. The summed E-state index contributed by atoms with van der Waals surface area (Å²) in [6.45, 7) is 7.40. The number of hydrogen-bond acceptors (Lipinski definition) is 3. The van der Waals surface area contributed by atoms with Gasteiger partial charge in [0.1, 0.15) is 0 Å². The average molecular weight is 228 g/mol. The minimum absolute atomic E-state index is 0.161. The molecule has 1 N–H and O–H groups in total. The van der Waals surface area contributed by atoms with Crippen molar-refractivity contribution in [1.29, 1.82) is 0 Å². The summed E-state index contributed by atoms with van der Waals surface area (Å²) < 4.78 is 0. The summed E-state index contributed by atoms with van der Waals surface area (Å²) in [5, 5.41) is 8.91. The van der Waals surface area contributed by atoms with Crippen LogP contribution >= 0.6 is 0 Å². The number of likely N-dealkylation sites (N-methyl/N-ethyl adjacent to an activating group) is 1. The Morgan fingerprint density at radius 3 is 2.75 bits per heavy atom. The van der Waals surface area contributed by atoms with Gasteiger partial charge in [-0.3, -0.25) is 9.69 Å². The van der Waals surface area contributed by atoms with Gasteiger partial charge in [0.05, 0.1) is 6.42 Å². The Kier molecular flexibility index (Phi) is 5.22. The third-order valence-corrected chi connectivity index (χ3v) is 3.65. The van der Waals surface area contributed by atoms with Crippen molar-refractivity contribution >= 4 is 5.97 Å². The summed E-state index contributed by atoms with van der Waals surface area (Å²) in [6.07, 6.45) is 2.52. The van der Waals surface area contributed by atoms with Crippen LogP contribution in [-0.2, 0) is 4.79 Å². The summed E-state index contributed by atoms with van der Waals surface area (Å²) in [5.74, 6) is -0.692. The number of carbonyl (C=O) groups is 1. The molecule has 16 heavy (non-hydrogen) atoms. The number of rotatable bonds is 4. The smallest absolute Gasteiger partial charge is 0.304 e. The van der Waals surface area contributed by atoms with Crippen molar-refractivity contribution in [3.8, 4) is 0 Å². The van der Waals surface area contributed by atoms with Crippen molar-refractivity contribution in [2.24, 2.45) is 0 Å². The quantitative estimate of drug-likeness (QED) is 0.787. The highest BCUT2D eigenvalue weighted by Gasteiger charge is 2.26. The topological polar surface area (TPSA) is 43.8 Å². The van der Waals surface area contributed by atoms with E-state index in [2.05, 4.69) is 23.6 Å². The second kappa shape index (κ2) is 6.21. The lowest BCUT2D eigenvalue weighted by molar-refractivity contribution is -0.138. The summed E-state index contributed by atoms with van der Waals surface area (Å²) in [6, 6.07) is 0.719. The van der Waals surface area contributed by atoms with Crippen molar-refractivity contribution in [2.45, 2.75) is 45.2 Å². The number of hydrogen-bond donors (Lipinski definition) is 1. The molecule has 0 aromatic carbocycles. The van der Waals surface area contributed by atoms with E-state index in [1.54, 1.807) is 0 Å². The lowest BCUT2D eigenvalue weighted by Gasteiger charge is -2.31. The van der Waals surface area contributed by atoms with E-state index in [9.17, 15) is 4.79 Å². The predicted octanol–water partition coefficient (Wildman–Crippen LogP) is 1.27. The molecule has 0 radical (unpaired) electrons. The number of aliphatic carboxylic acids is 1. The maximum Gasteiger partial charge on any atom is 0.304 e. The molecule has 0 aliphatic carbocycles. The zero-order valence-corrected chi connectivity index (χ0v) is 10.6. The van der Waals surface area contributed by atoms with Crippen LogP contribution in [0.15, 0.2) is 0 Å². The number of carboxylic acid groups (broad SMARTS) is 1. The van der Waals surface area contributed by atoms with E-state index in [4.69, 9.17) is 5.11 Å². The predicted molar refractivity (Wildman–Crippen MR) is 64.6 cm³/mol. The van der Waals surface area contributed by atoms with Gasteiger partial charge in [0.15, 0.2) is 0 Å². The molecule has 1 saturated heterocycles. The van der Waals surface area contributed by atoms with Crippen molar-refractivity contribution < 1.29 is 9.90 Å². The van der Waals surface area contributed by atoms with E-state index in [1.807, 2.05) is 7.05 Å². The third kappa shape index (κ3) is 3.76. The average Bonchev–Trinajstić information content (AvgIpc) is 2.40. The maximum atomic E-state index is 10.8. The van der Waals surface area contributed by atoms with Crippen molar-refractivity contribution in [2.75, 3.05) is 26.7 Å². The fourth-order valence-electron chi connectivity index (χ4n) is 2.29. The van der Waals surface area contributed by atoms with Crippen LogP contribution in [0.4, 0.5) is 0 Å². The van der Waals surface area contributed by atoms with E-state index < -0.39 is 5.97 Å². The molecule has 1 heterocycles. The zero-order chi connectivity index (χ0) is 12.1. The normalized spacial score (nSPS) is 26.3. The Bertz CT molecular complexity index is 233. The second-order valence-corrected chi connectivity index (χ2v) is 4.84. The van der Waals surface area contributed by atoms with Crippen molar-refractivity contribution in [3.63, 3.8) is 0 Å². The van der Waals surface area contributed by atoms with Gasteiger partial charge in [0.25, 0.3) is 0 Å². The summed E-state index contributed by atoms with van der Waals surface area (Å²) in [5.41, 5.74) is 0. The summed E-state index contributed by atoms with van der Waals surface area (Å²) >= 11 is 0. The first-order valence-electron chi connectivity index (χ1n) is 6.20. The van der Waals surface area contributed by atoms with Crippen LogP contribution in [0.5, 0.6) is 0 Å². The molecule has 0 amide bonds. The van der Waals surface area contributed by atoms with Gasteiger partial charge in [0.2, 0.25) is 0 Å². The standard InChI is InChI=1S/C12H24N2O2/c1-4-10(2)14-7-5-6-13(3)11(9-14)8-12(15)16/h10-11H,4-9H2,1-3H3,(H,15,16). The molecule has 94 valence electrons. The molecular weight excluding hydrogens is 204 g/mol. The van der Waals surface area contributed by atoms with E-state index in [0.29, 0.717) is 6.04 Å². The molecule has 0 bridgehead atoms. The molecule has 2 unspecified atom stereocenters. The van der Waals surface area contributed by atoms with E-state index in [1.165, 1.54) is 0 Å². The monoisotopic (exact) mass is 228 g/mol. The molecule has 1 fully saturated rings. The van der Waals surface area contributed by atoms with E-state index in [-0.39, 0.29) is 12.5 Å². The van der Waals surface area contributed by atoms with Crippen LogP contribution in [0, 0.1) is 0 Å². The lowest BCUT2D eigenvalue weighted by atomic mass is 10.1. The van der Waals surface area contributed by atoms with Gasteiger partial charge in [-0.05, 0) is 39.9 Å². The molecule has 1 aliphatic rings. The van der Waals surface area contributed by atoms with Crippen LogP contribution < -0.4 is 0 Å². The summed E-state index contributed by atoms with van der Waals surface area (Å²) in [7, 11) is 2.04. The fraction of sp³-hybridized carbons (Fsp3) is 0.917. The first-order valence-corrected chi connectivity index (χ1v) is 6.20. The van der Waals surface area contributed by atoms with E-state index in [0.717, 1.165) is 32.5 Å². The van der Waals surface area contributed by atoms with Crippen molar-refractivity contribution in [3.05, 3.63) is 0 Å². The zero-order valence-electron chi connectivity index (χ0n) is 10.6. The van der Waals surface area contributed by atoms with Gasteiger partial charge in [0, 0.05) is 18.6 Å². The molecule has 4 nitrogen and oxygen atoms in total. The molecule has 1 rings (SSSR count). The maximum absolute atomic E-state index is 10.8. The van der Waals surface area contributed by atoms with Crippen LogP contribution in [-0.4, -0.2) is 59.6 Å². The highest BCUT2D eigenvalue weighted by Crippen LogP contribution is 2.15. The summed E-state index contributed by atoms with van der Waals surface area (Å²) in [4.78, 5) is 15.4. The Hall–Kier alpha value is -0.610. The van der Waals surface area contributed by atoms with Gasteiger partial charge >= 0.3 is 5.97 Å². The van der Waals surface area contributed by atoms with Gasteiger partial charge in [-0.1, -0.05) is 6.92 Å². The first-order chi connectivity index (χ1) is 7.54. The second-order valence-electron chi connectivity index (χ2n) is 4.84. The molecule has 0 aromatic rings. The highest BCUT2D eigenvalue weighted by molar-refractivity contribution is 5.67. The number of nitrogens with zero attached hydrogens (tertiary/aromatic N) is 2. The molecular formula is C12H24N2O2. The highest BCUT2D eigenvalue weighted by atomic mass is 16.4. The lowest BCUT2D eigenvalue weighted by Crippen LogP contribution is -2.43. The largest absolute Gasteiger partial charge is 0.481 e. The van der Waals surface area contributed by atoms with Crippen LogP contribution in [0.25, 0.3) is 0 Å². The Labute approximate surface area is 98.2 Å². The molecule has 0 saturated carbocycles. The van der Waals surface area contributed by atoms with E-state index >= 15 is 0 Å². The minimum atomic E-state index is -0.692. The van der Waals surface area contributed by atoms with Gasteiger partial charge in [-0.15, -0.1) is 0 Å². The molecule has 0 aromatic heterocycles. The van der Waals surface area contributed by atoms with Crippen LogP contribution in [0.1, 0.15) is 33.1 Å². The van der Waals surface area contributed by atoms with Crippen LogP contribution in [0.3, 0.4) is 0 Å². The number of carboxylic acids is 1. The minimum Gasteiger partial charge on any atom is -0.481 e. The Morgan fingerprint density at radius 1 is 1.50 bits per heavy atom. The Balaban J connectivity index is 2.61. The van der Waals surface area contributed by atoms with Gasteiger partial charge in [-0.25, -0.2) is 0 Å². The third-order valence-electron chi connectivity index (χ3n) is 3.65. The first kappa shape index (κ1) is 13.5. The molecule has 1 aliphatic heterocycles. The fourth-order valence-corrected chi connectivity index (χ4v) is 2.29. The molecule has 4 heteroatoms. The molecule has 2 atom stereocenters. The Morgan fingerprint density at radius 2 is 2.19 bits per heavy atom.